The number of hydrogen-bond acceptors (Lipinski definition) is 7. The predicted octanol–water partition coefficient (Wildman–Crippen LogP) is 1.40. The molecule has 1 saturated heterocycles. The van der Waals surface area contributed by atoms with E-state index in [0.717, 1.165) is 0 Å². The molecule has 24 heavy (non-hydrogen) atoms. The normalized spacial score (nSPS) is 16.8. The first-order valence-electron chi connectivity index (χ1n) is 7.52. The fourth-order valence-corrected chi connectivity index (χ4v) is 4.58. The van der Waals surface area contributed by atoms with Crippen molar-refractivity contribution in [2.75, 3.05) is 18.8 Å². The summed E-state index contributed by atoms with van der Waals surface area (Å²) in [5.41, 5.74) is 6.27. The maximum absolute atomic E-state index is 12.9. The molecule has 2 heterocycles. The molecule has 0 radical (unpaired) electrons. The average molecular weight is 347 g/mol. The van der Waals surface area contributed by atoms with Crippen LogP contribution in [-0.4, -0.2) is 36.0 Å². The summed E-state index contributed by atoms with van der Waals surface area (Å²) >= 11 is 0. The lowest BCUT2D eigenvalue weighted by Crippen LogP contribution is -2.38. The molecule has 3 rings (SSSR count). The molecule has 0 amide bonds. The van der Waals surface area contributed by atoms with Crippen molar-refractivity contribution in [2.24, 2.45) is 0 Å². The van der Waals surface area contributed by atoms with Crippen molar-refractivity contribution in [1.82, 2.24) is 14.5 Å². The topological polar surface area (TPSA) is 126 Å². The van der Waals surface area contributed by atoms with Crippen LogP contribution < -0.4 is 5.73 Å². The Morgan fingerprint density at radius 1 is 1.33 bits per heavy atom. The Morgan fingerprint density at radius 3 is 2.62 bits per heavy atom. The highest BCUT2D eigenvalue weighted by Gasteiger charge is 2.33. The second-order valence-electron chi connectivity index (χ2n) is 5.72. The number of nitriles is 1. The quantitative estimate of drug-likeness (QED) is 0.889. The van der Waals surface area contributed by atoms with Crippen LogP contribution in [0.25, 0.3) is 0 Å². The first-order valence-corrected chi connectivity index (χ1v) is 8.96. The minimum atomic E-state index is -3.71. The lowest BCUT2D eigenvalue weighted by Gasteiger charge is -2.29. The minimum Gasteiger partial charge on any atom is -0.408 e. The first kappa shape index (κ1) is 16.4. The fraction of sp³-hybridized carbons (Fsp3) is 0.400. The summed E-state index contributed by atoms with van der Waals surface area (Å²) in [4.78, 5) is 0.0606. The number of rotatable bonds is 3. The van der Waals surface area contributed by atoms with Gasteiger partial charge in [-0.3, -0.25) is 0 Å². The van der Waals surface area contributed by atoms with Gasteiger partial charge in [0.1, 0.15) is 11.0 Å². The Morgan fingerprint density at radius 2 is 2.04 bits per heavy atom. The summed E-state index contributed by atoms with van der Waals surface area (Å²) < 4.78 is 32.4. The zero-order chi connectivity index (χ0) is 17.3. The Balaban J connectivity index is 1.81. The highest BCUT2D eigenvalue weighted by atomic mass is 32.2. The molecule has 8 nitrogen and oxygen atoms in total. The number of nitrogen functional groups attached to an aromatic ring is 1. The van der Waals surface area contributed by atoms with Gasteiger partial charge in [0.05, 0.1) is 5.56 Å². The summed E-state index contributed by atoms with van der Waals surface area (Å²) in [6, 6.07) is 6.86. The van der Waals surface area contributed by atoms with Crippen LogP contribution in [0.4, 0.5) is 6.01 Å². The Labute approximate surface area is 139 Å². The standard InChI is InChI=1S/C15H17N5O3S/c1-10-3-2-4-13(12(10)9-16)24(21,22)20-7-5-11(6-8-20)14-18-19-15(17)23-14/h2-4,11H,5-8H2,1H3,(H2,17,19). The second kappa shape index (κ2) is 6.22. The minimum absolute atomic E-state index is 0.00537. The molecule has 2 N–H and O–H groups in total. The molecule has 0 spiro atoms. The molecule has 1 fully saturated rings. The van der Waals surface area contributed by atoms with Crippen molar-refractivity contribution in [2.45, 2.75) is 30.6 Å². The lowest BCUT2D eigenvalue weighted by atomic mass is 9.98. The zero-order valence-corrected chi connectivity index (χ0v) is 14.0. The average Bonchev–Trinajstić information content (AvgIpc) is 3.01. The molecule has 2 aromatic rings. The van der Waals surface area contributed by atoms with Crippen LogP contribution >= 0.6 is 0 Å². The third kappa shape index (κ3) is 2.86. The van der Waals surface area contributed by atoms with Crippen molar-refractivity contribution in [3.05, 3.63) is 35.2 Å². The van der Waals surface area contributed by atoms with Crippen molar-refractivity contribution < 1.29 is 12.8 Å². The predicted molar refractivity (Wildman–Crippen MR) is 85.3 cm³/mol. The number of nitrogens with zero attached hydrogens (tertiary/aromatic N) is 4. The van der Waals surface area contributed by atoms with Crippen LogP contribution in [0, 0.1) is 18.3 Å². The maximum atomic E-state index is 12.9. The number of anilines is 1. The number of hydrogen-bond donors (Lipinski definition) is 1. The van der Waals surface area contributed by atoms with Gasteiger partial charge in [-0.1, -0.05) is 17.2 Å². The highest BCUT2D eigenvalue weighted by Crippen LogP contribution is 2.31. The van der Waals surface area contributed by atoms with Crippen molar-refractivity contribution in [3.8, 4) is 6.07 Å². The molecule has 126 valence electrons. The van der Waals surface area contributed by atoms with E-state index in [4.69, 9.17) is 10.2 Å². The largest absolute Gasteiger partial charge is 0.408 e. The smallest absolute Gasteiger partial charge is 0.312 e. The number of aromatic nitrogens is 2. The molecular formula is C15H17N5O3S. The summed E-state index contributed by atoms with van der Waals surface area (Å²) in [7, 11) is -3.71. The summed E-state index contributed by atoms with van der Waals surface area (Å²) in [5.74, 6) is 0.437. The van der Waals surface area contributed by atoms with Gasteiger partial charge in [0.15, 0.2) is 0 Å². The molecule has 1 aliphatic heterocycles. The summed E-state index contributed by atoms with van der Waals surface area (Å²) in [6.07, 6.45) is 1.13. The van der Waals surface area contributed by atoms with E-state index in [0.29, 0.717) is 37.4 Å². The monoisotopic (exact) mass is 347 g/mol. The van der Waals surface area contributed by atoms with Gasteiger partial charge in [0, 0.05) is 19.0 Å². The van der Waals surface area contributed by atoms with E-state index in [-0.39, 0.29) is 22.4 Å². The highest BCUT2D eigenvalue weighted by molar-refractivity contribution is 7.89. The number of nitrogens with two attached hydrogens (primary N) is 1. The second-order valence-corrected chi connectivity index (χ2v) is 7.62. The van der Waals surface area contributed by atoms with E-state index in [1.165, 1.54) is 10.4 Å². The Bertz CT molecular complexity index is 892. The lowest BCUT2D eigenvalue weighted by molar-refractivity contribution is 0.291. The molecular weight excluding hydrogens is 330 g/mol. The SMILES string of the molecule is Cc1cccc(S(=O)(=O)N2CCC(c3nnc(N)o3)CC2)c1C#N. The van der Waals surface area contributed by atoms with E-state index in [9.17, 15) is 13.7 Å². The van der Waals surface area contributed by atoms with Crippen molar-refractivity contribution >= 4 is 16.0 Å². The molecule has 1 aromatic heterocycles. The van der Waals surface area contributed by atoms with Gasteiger partial charge >= 0.3 is 6.01 Å². The summed E-state index contributed by atoms with van der Waals surface area (Å²) in [6.45, 7) is 2.38. The van der Waals surface area contributed by atoms with Gasteiger partial charge in [-0.2, -0.15) is 9.57 Å². The van der Waals surface area contributed by atoms with Crippen LogP contribution in [0.15, 0.2) is 27.5 Å². The molecule has 0 saturated carbocycles. The molecule has 0 bridgehead atoms. The van der Waals surface area contributed by atoms with Crippen molar-refractivity contribution in [1.29, 1.82) is 5.26 Å². The number of sulfonamides is 1. The van der Waals surface area contributed by atoms with Gasteiger partial charge in [0.2, 0.25) is 15.9 Å². The van der Waals surface area contributed by atoms with Gasteiger partial charge in [-0.15, -0.1) is 5.10 Å². The van der Waals surface area contributed by atoms with Gasteiger partial charge in [-0.25, -0.2) is 8.42 Å². The number of aryl methyl sites for hydroxylation is 1. The third-order valence-electron chi connectivity index (χ3n) is 4.22. The van der Waals surface area contributed by atoms with Crippen LogP contribution in [0.2, 0.25) is 0 Å². The van der Waals surface area contributed by atoms with E-state index in [1.807, 2.05) is 6.07 Å². The van der Waals surface area contributed by atoms with Gasteiger partial charge in [-0.05, 0) is 31.4 Å². The molecule has 0 aliphatic carbocycles. The van der Waals surface area contributed by atoms with E-state index in [1.54, 1.807) is 19.1 Å². The van der Waals surface area contributed by atoms with Crippen molar-refractivity contribution in [3.63, 3.8) is 0 Å². The Hall–Kier alpha value is -2.44. The maximum Gasteiger partial charge on any atom is 0.312 e. The number of benzene rings is 1. The molecule has 1 aliphatic rings. The number of piperidine rings is 1. The van der Waals surface area contributed by atoms with Crippen LogP contribution in [0.3, 0.4) is 0 Å². The van der Waals surface area contributed by atoms with E-state index < -0.39 is 10.0 Å². The Kier molecular flexibility index (Phi) is 4.26. The van der Waals surface area contributed by atoms with Gasteiger partial charge in [0.25, 0.3) is 0 Å². The molecule has 0 atom stereocenters. The van der Waals surface area contributed by atoms with Crippen LogP contribution in [0.1, 0.15) is 35.8 Å². The fourth-order valence-electron chi connectivity index (χ4n) is 2.89. The van der Waals surface area contributed by atoms with Crippen LogP contribution in [-0.2, 0) is 10.0 Å². The van der Waals surface area contributed by atoms with Gasteiger partial charge < -0.3 is 10.2 Å². The van der Waals surface area contributed by atoms with E-state index >= 15 is 0 Å². The molecule has 1 aromatic carbocycles. The van der Waals surface area contributed by atoms with Crippen LogP contribution in [0.5, 0.6) is 0 Å². The first-order chi connectivity index (χ1) is 11.4. The van der Waals surface area contributed by atoms with E-state index in [2.05, 4.69) is 10.2 Å². The summed E-state index contributed by atoms with van der Waals surface area (Å²) in [5, 5.41) is 16.8. The zero-order valence-electron chi connectivity index (χ0n) is 13.1. The molecule has 0 unspecified atom stereocenters. The molecule has 9 heteroatoms. The third-order valence-corrected chi connectivity index (χ3v) is 6.16.